The zero-order valence-electron chi connectivity index (χ0n) is 13.9. The first-order chi connectivity index (χ1) is 10.5. The lowest BCUT2D eigenvalue weighted by Gasteiger charge is -2.55. The number of rotatable bonds is 1. The summed E-state index contributed by atoms with van der Waals surface area (Å²) in [5, 5.41) is 3.14. The van der Waals surface area contributed by atoms with Crippen LogP contribution in [0, 0.1) is 28.6 Å². The van der Waals surface area contributed by atoms with Crippen LogP contribution in [0.2, 0.25) is 0 Å². The molecule has 0 aromatic carbocycles. The van der Waals surface area contributed by atoms with E-state index in [1.807, 2.05) is 0 Å². The Morgan fingerprint density at radius 3 is 2.82 bits per heavy atom. The highest BCUT2D eigenvalue weighted by Gasteiger charge is 2.58. The van der Waals surface area contributed by atoms with Gasteiger partial charge in [0.05, 0.1) is 18.3 Å². The van der Waals surface area contributed by atoms with Crippen molar-refractivity contribution in [3.05, 3.63) is 23.5 Å². The van der Waals surface area contributed by atoms with Gasteiger partial charge in [0.25, 0.3) is 0 Å². The predicted octanol–water partition coefficient (Wildman–Crippen LogP) is 3.43. The third kappa shape index (κ3) is 1.71. The lowest BCUT2D eigenvalue weighted by Crippen LogP contribution is -2.50. The van der Waals surface area contributed by atoms with Crippen LogP contribution in [0.5, 0.6) is 0 Å². The van der Waals surface area contributed by atoms with Crippen molar-refractivity contribution in [3.63, 3.8) is 0 Å². The Kier molecular flexibility index (Phi) is 3.02. The highest BCUT2D eigenvalue weighted by Crippen LogP contribution is 2.61. The molecule has 3 aliphatic carbocycles. The number of methoxy groups -OCH3 is 1. The summed E-state index contributed by atoms with van der Waals surface area (Å²) < 4.78 is 5.49. The van der Waals surface area contributed by atoms with Crippen LogP contribution in [0.25, 0.3) is 0 Å². The molecule has 1 amide bonds. The van der Waals surface area contributed by atoms with Crippen molar-refractivity contribution in [3.8, 4) is 0 Å². The van der Waals surface area contributed by atoms with Crippen molar-refractivity contribution in [2.45, 2.75) is 46.0 Å². The van der Waals surface area contributed by atoms with Crippen LogP contribution >= 0.6 is 0 Å². The summed E-state index contributed by atoms with van der Waals surface area (Å²) in [5.41, 5.74) is 1.64. The number of allylic oxidation sites excluding steroid dienone is 4. The van der Waals surface area contributed by atoms with Gasteiger partial charge in [0.1, 0.15) is 0 Å². The van der Waals surface area contributed by atoms with Gasteiger partial charge in [-0.1, -0.05) is 19.9 Å². The van der Waals surface area contributed by atoms with Crippen LogP contribution in [-0.2, 0) is 9.53 Å². The molecule has 1 heterocycles. The molecule has 0 aromatic rings. The average Bonchev–Trinajstić information content (AvgIpc) is 2.82. The largest absolute Gasteiger partial charge is 0.501 e. The van der Waals surface area contributed by atoms with Crippen molar-refractivity contribution < 1.29 is 9.53 Å². The molecule has 0 aromatic heterocycles. The summed E-state index contributed by atoms with van der Waals surface area (Å²) in [6, 6.07) is 0. The van der Waals surface area contributed by atoms with E-state index in [0.717, 1.165) is 31.6 Å². The number of ether oxygens (including phenoxy) is 1. The first kappa shape index (κ1) is 14.3. The summed E-state index contributed by atoms with van der Waals surface area (Å²) in [7, 11) is 1.78. The number of hydrogen-bond acceptors (Lipinski definition) is 2. The second-order valence-corrected chi connectivity index (χ2v) is 8.17. The van der Waals surface area contributed by atoms with Crippen LogP contribution in [0.15, 0.2) is 23.5 Å². The molecular formula is C19H27NO2. The number of carbonyl (C=O) groups is 1. The topological polar surface area (TPSA) is 38.3 Å². The summed E-state index contributed by atoms with van der Waals surface area (Å²) in [6.45, 7) is 5.53. The van der Waals surface area contributed by atoms with Crippen molar-refractivity contribution in [1.29, 1.82) is 0 Å². The number of carbonyl (C=O) groups excluding carboxylic acids is 1. The van der Waals surface area contributed by atoms with Crippen molar-refractivity contribution in [2.75, 3.05) is 13.7 Å². The number of amides is 1. The fourth-order valence-corrected chi connectivity index (χ4v) is 5.84. The molecule has 22 heavy (non-hydrogen) atoms. The van der Waals surface area contributed by atoms with Crippen LogP contribution < -0.4 is 5.32 Å². The minimum absolute atomic E-state index is 0.120. The predicted molar refractivity (Wildman–Crippen MR) is 86.0 cm³/mol. The van der Waals surface area contributed by atoms with Gasteiger partial charge in [0.15, 0.2) is 0 Å². The number of fused-ring (bicyclic) bond motifs is 5. The highest BCUT2D eigenvalue weighted by atomic mass is 16.5. The lowest BCUT2D eigenvalue weighted by molar-refractivity contribution is -0.132. The maximum atomic E-state index is 12.3. The van der Waals surface area contributed by atoms with E-state index in [-0.39, 0.29) is 10.8 Å². The van der Waals surface area contributed by atoms with Crippen LogP contribution in [0.3, 0.4) is 0 Å². The molecule has 1 aliphatic heterocycles. The van der Waals surface area contributed by atoms with Gasteiger partial charge in [-0.25, -0.2) is 0 Å². The number of nitrogens with one attached hydrogen (secondary N) is 1. The van der Waals surface area contributed by atoms with Gasteiger partial charge in [0, 0.05) is 13.0 Å². The van der Waals surface area contributed by atoms with Crippen molar-refractivity contribution in [1.82, 2.24) is 5.32 Å². The van der Waals surface area contributed by atoms with Gasteiger partial charge < -0.3 is 10.1 Å². The molecule has 5 atom stereocenters. The van der Waals surface area contributed by atoms with E-state index in [9.17, 15) is 4.79 Å². The van der Waals surface area contributed by atoms with E-state index in [0.29, 0.717) is 23.7 Å². The molecule has 3 nitrogen and oxygen atoms in total. The van der Waals surface area contributed by atoms with Gasteiger partial charge in [-0.15, -0.1) is 0 Å². The number of hydrogen-bond donors (Lipinski definition) is 1. The Labute approximate surface area is 133 Å². The van der Waals surface area contributed by atoms with E-state index in [4.69, 9.17) is 4.74 Å². The molecule has 2 fully saturated rings. The maximum absolute atomic E-state index is 12.3. The molecule has 0 bridgehead atoms. The summed E-state index contributed by atoms with van der Waals surface area (Å²) in [5.74, 6) is 3.31. The summed E-state index contributed by atoms with van der Waals surface area (Å²) in [4.78, 5) is 12.3. The quantitative estimate of drug-likeness (QED) is 0.806. The van der Waals surface area contributed by atoms with Crippen LogP contribution in [0.4, 0.5) is 0 Å². The molecule has 1 saturated carbocycles. The molecule has 1 saturated heterocycles. The first-order valence-corrected chi connectivity index (χ1v) is 8.72. The molecular weight excluding hydrogens is 274 g/mol. The van der Waals surface area contributed by atoms with Crippen molar-refractivity contribution >= 4 is 5.91 Å². The molecule has 120 valence electrons. The van der Waals surface area contributed by atoms with Gasteiger partial charge in [-0.3, -0.25) is 4.79 Å². The van der Waals surface area contributed by atoms with Crippen molar-refractivity contribution in [2.24, 2.45) is 28.6 Å². The molecule has 0 unspecified atom stereocenters. The first-order valence-electron chi connectivity index (χ1n) is 8.72. The lowest BCUT2D eigenvalue weighted by atomic mass is 9.49. The van der Waals surface area contributed by atoms with Gasteiger partial charge in [-0.2, -0.15) is 0 Å². The van der Waals surface area contributed by atoms with Crippen LogP contribution in [0.1, 0.15) is 46.0 Å². The monoisotopic (exact) mass is 301 g/mol. The van der Waals surface area contributed by atoms with Gasteiger partial charge in [-0.05, 0) is 60.5 Å². The van der Waals surface area contributed by atoms with Gasteiger partial charge >= 0.3 is 0 Å². The fourth-order valence-electron chi connectivity index (χ4n) is 5.84. The standard InChI is InChI=1S/C19H27NO2/c1-18-8-6-13(22-3)10-12(18)4-5-14-15(18)7-9-19(2)16(14)11-20-17(19)21/h4,10,14-16H,5-9,11H2,1-3H3,(H,20,21)/t14-,15+,16+,18+,19+/m1/s1. The average molecular weight is 301 g/mol. The molecule has 4 aliphatic rings. The van der Waals surface area contributed by atoms with E-state index in [1.165, 1.54) is 18.4 Å². The minimum Gasteiger partial charge on any atom is -0.501 e. The highest BCUT2D eigenvalue weighted by molar-refractivity contribution is 5.85. The smallest absolute Gasteiger partial charge is 0.226 e. The Bertz CT molecular complexity index is 578. The Morgan fingerprint density at radius 2 is 2.05 bits per heavy atom. The van der Waals surface area contributed by atoms with E-state index < -0.39 is 0 Å². The van der Waals surface area contributed by atoms with E-state index >= 15 is 0 Å². The molecule has 0 radical (unpaired) electrons. The fraction of sp³-hybridized carbons (Fsp3) is 0.737. The Hall–Kier alpha value is -1.25. The summed E-state index contributed by atoms with van der Waals surface area (Å²) in [6.07, 6.45) is 10.3. The molecule has 4 rings (SSSR count). The molecule has 0 spiro atoms. The van der Waals surface area contributed by atoms with Gasteiger partial charge in [0.2, 0.25) is 5.91 Å². The third-order valence-electron chi connectivity index (χ3n) is 7.39. The summed E-state index contributed by atoms with van der Waals surface area (Å²) >= 11 is 0. The van der Waals surface area contributed by atoms with E-state index in [1.54, 1.807) is 7.11 Å². The second-order valence-electron chi connectivity index (χ2n) is 8.17. The second kappa shape index (κ2) is 4.62. The van der Waals surface area contributed by atoms with Crippen LogP contribution in [-0.4, -0.2) is 19.6 Å². The maximum Gasteiger partial charge on any atom is 0.226 e. The van der Waals surface area contributed by atoms with E-state index in [2.05, 4.69) is 31.3 Å². The Balaban J connectivity index is 1.71. The zero-order chi connectivity index (χ0) is 15.5. The molecule has 1 N–H and O–H groups in total. The normalized spacial score (nSPS) is 46.7. The zero-order valence-corrected chi connectivity index (χ0v) is 13.9. The Morgan fingerprint density at radius 1 is 1.23 bits per heavy atom. The third-order valence-corrected chi connectivity index (χ3v) is 7.39. The SMILES string of the molecule is COC1=CC2=CC[C@@H]3[C@H](CC[C@]4(C)C(=O)NC[C@@H]34)[C@@]2(C)CC1. The minimum atomic E-state index is -0.120. The molecule has 3 heteroatoms.